The lowest BCUT2D eigenvalue weighted by atomic mass is 9.96. The molecule has 2 aromatic carbocycles. The Kier molecular flexibility index (Phi) is 11.2. The standard InChI is InChI=1S/C42H52N8O6/c1-7-35(51)47-36(23(2)3)40(52)49-16-8-10-31(49)38-43-21-29(45-38)25-14-15-33-28(18-25)19-27-13-12-26(20-34(27)56-33)30-22-44-39(46-30)32-11-9-17-50(32)41(53)37(24(4)5)48-42(54)55-6/h12-15,18,20-24,31-32,36-37H,7-11,16-17,19H2,1-6H3,(H,43,45)(H,44,46)(H,47,51)(H,48,54)/t31-,32-,36-,37-/m0/s1. The minimum Gasteiger partial charge on any atom is -0.457 e. The van der Waals surface area contributed by atoms with Crippen LogP contribution in [0, 0.1) is 11.8 Å². The number of imidazole rings is 2. The molecule has 4 N–H and O–H groups in total. The van der Waals surface area contributed by atoms with Crippen molar-refractivity contribution < 1.29 is 28.7 Å². The molecular weight excluding hydrogens is 713 g/mol. The van der Waals surface area contributed by atoms with E-state index in [4.69, 9.17) is 19.4 Å². The van der Waals surface area contributed by atoms with Crippen molar-refractivity contribution in [1.82, 2.24) is 40.4 Å². The second-order valence-electron chi connectivity index (χ2n) is 15.7. The van der Waals surface area contributed by atoms with Crippen LogP contribution in [0.2, 0.25) is 0 Å². The van der Waals surface area contributed by atoms with E-state index in [1.165, 1.54) is 7.11 Å². The Morgan fingerprint density at radius 1 is 0.786 bits per heavy atom. The first-order chi connectivity index (χ1) is 26.9. The van der Waals surface area contributed by atoms with Crippen LogP contribution in [0.15, 0.2) is 48.8 Å². The van der Waals surface area contributed by atoms with Gasteiger partial charge in [-0.2, -0.15) is 0 Å². The Morgan fingerprint density at radius 3 is 1.89 bits per heavy atom. The van der Waals surface area contributed by atoms with E-state index in [2.05, 4.69) is 32.7 Å². The highest BCUT2D eigenvalue weighted by Gasteiger charge is 2.39. The Morgan fingerprint density at radius 2 is 1.34 bits per heavy atom. The van der Waals surface area contributed by atoms with E-state index < -0.39 is 18.2 Å². The van der Waals surface area contributed by atoms with E-state index in [-0.39, 0.29) is 41.6 Å². The summed E-state index contributed by atoms with van der Waals surface area (Å²) in [6.07, 6.45) is 7.28. The third kappa shape index (κ3) is 7.74. The van der Waals surface area contributed by atoms with Gasteiger partial charge in [-0.25, -0.2) is 14.8 Å². The Labute approximate surface area is 327 Å². The van der Waals surface area contributed by atoms with Crippen molar-refractivity contribution >= 4 is 23.8 Å². The molecule has 3 aliphatic rings. The molecule has 2 aromatic heterocycles. The summed E-state index contributed by atoms with van der Waals surface area (Å²) in [6, 6.07) is 10.6. The van der Waals surface area contributed by atoms with Gasteiger partial charge in [-0.05, 0) is 72.9 Å². The van der Waals surface area contributed by atoms with Crippen LogP contribution in [0.5, 0.6) is 11.5 Å². The van der Waals surface area contributed by atoms with Crippen LogP contribution < -0.4 is 15.4 Å². The zero-order chi connectivity index (χ0) is 39.7. The van der Waals surface area contributed by atoms with Gasteiger partial charge in [-0.1, -0.05) is 46.8 Å². The molecule has 5 heterocycles. The summed E-state index contributed by atoms with van der Waals surface area (Å²) in [6.45, 7) is 10.7. The van der Waals surface area contributed by atoms with Gasteiger partial charge in [0.2, 0.25) is 17.7 Å². The highest BCUT2D eigenvalue weighted by molar-refractivity contribution is 5.88. The quantitative estimate of drug-likeness (QED) is 0.119. The number of methoxy groups -OCH3 is 1. The second kappa shape index (κ2) is 16.2. The fourth-order valence-electron chi connectivity index (χ4n) is 8.05. The zero-order valence-corrected chi connectivity index (χ0v) is 33.0. The highest BCUT2D eigenvalue weighted by Crippen LogP contribution is 2.41. The Bertz CT molecular complexity index is 1960. The molecule has 0 radical (unpaired) electrons. The molecule has 2 saturated heterocycles. The number of aromatic amines is 2. The van der Waals surface area contributed by atoms with E-state index in [0.717, 1.165) is 76.6 Å². The van der Waals surface area contributed by atoms with Gasteiger partial charge in [0, 0.05) is 37.1 Å². The van der Waals surface area contributed by atoms with Crippen LogP contribution in [-0.4, -0.2) is 85.8 Å². The maximum atomic E-state index is 13.6. The lowest BCUT2D eigenvalue weighted by molar-refractivity contribution is -0.138. The number of nitrogens with one attached hydrogen (secondary N) is 4. The van der Waals surface area contributed by atoms with E-state index in [1.54, 1.807) is 18.0 Å². The van der Waals surface area contributed by atoms with Crippen molar-refractivity contribution in [3.8, 4) is 34.0 Å². The third-order valence-electron chi connectivity index (χ3n) is 11.2. The van der Waals surface area contributed by atoms with Crippen molar-refractivity contribution in [2.45, 2.75) is 97.3 Å². The van der Waals surface area contributed by atoms with Crippen LogP contribution in [0.25, 0.3) is 22.5 Å². The number of rotatable bonds is 11. The van der Waals surface area contributed by atoms with Crippen LogP contribution in [0.4, 0.5) is 4.79 Å². The zero-order valence-electron chi connectivity index (χ0n) is 33.0. The predicted octanol–water partition coefficient (Wildman–Crippen LogP) is 6.42. The molecule has 4 aromatic rings. The number of benzene rings is 2. The predicted molar refractivity (Wildman–Crippen MR) is 210 cm³/mol. The van der Waals surface area contributed by atoms with Crippen molar-refractivity contribution in [2.24, 2.45) is 11.8 Å². The van der Waals surface area contributed by atoms with Gasteiger partial charge >= 0.3 is 6.09 Å². The highest BCUT2D eigenvalue weighted by atomic mass is 16.5. The smallest absolute Gasteiger partial charge is 0.407 e. The van der Waals surface area contributed by atoms with E-state index in [1.807, 2.05) is 63.1 Å². The first kappa shape index (κ1) is 38.6. The molecule has 0 aliphatic carbocycles. The van der Waals surface area contributed by atoms with E-state index >= 15 is 0 Å². The maximum Gasteiger partial charge on any atom is 0.407 e. The normalized spacial score (nSPS) is 18.6. The van der Waals surface area contributed by atoms with Gasteiger partial charge in [0.15, 0.2) is 0 Å². The van der Waals surface area contributed by atoms with Crippen molar-refractivity contribution in [1.29, 1.82) is 0 Å². The average molecular weight is 765 g/mol. The maximum absolute atomic E-state index is 13.6. The SMILES string of the molecule is CCC(=O)N[C@H](C(=O)N1CCC[C@H]1c1ncc(-c2ccc3c(c2)Cc2ccc(-c4cnc([C@@H]5CCCN5C(=O)[C@@H](NC(=O)OC)C(C)C)[nH]4)cc2O3)[nH]1)C(C)C. The van der Waals surface area contributed by atoms with Gasteiger partial charge in [0.1, 0.15) is 35.2 Å². The summed E-state index contributed by atoms with van der Waals surface area (Å²) < 4.78 is 11.2. The number of alkyl carbamates (subject to hydrolysis) is 1. The van der Waals surface area contributed by atoms with Gasteiger partial charge in [0.05, 0.1) is 43.0 Å². The van der Waals surface area contributed by atoms with Crippen molar-refractivity contribution in [3.05, 3.63) is 71.6 Å². The lowest BCUT2D eigenvalue weighted by Crippen LogP contribution is -2.51. The number of fused-ring (bicyclic) bond motifs is 2. The molecule has 7 rings (SSSR count). The molecule has 0 spiro atoms. The summed E-state index contributed by atoms with van der Waals surface area (Å²) in [5.74, 6) is 2.51. The average Bonchev–Trinajstić information content (AvgIpc) is 4.03. The van der Waals surface area contributed by atoms with Crippen LogP contribution >= 0.6 is 0 Å². The molecule has 3 aliphatic heterocycles. The molecule has 4 atom stereocenters. The molecule has 0 unspecified atom stereocenters. The molecule has 0 bridgehead atoms. The summed E-state index contributed by atoms with van der Waals surface area (Å²) in [7, 11) is 1.29. The van der Waals surface area contributed by atoms with Crippen LogP contribution in [-0.2, 0) is 25.5 Å². The number of nitrogens with zero attached hydrogens (tertiary/aromatic N) is 4. The summed E-state index contributed by atoms with van der Waals surface area (Å²) >= 11 is 0. The largest absolute Gasteiger partial charge is 0.457 e. The van der Waals surface area contributed by atoms with Crippen molar-refractivity contribution in [2.75, 3.05) is 20.2 Å². The molecule has 4 amide bonds. The minimum absolute atomic E-state index is 0.0337. The first-order valence-electron chi connectivity index (χ1n) is 19.7. The third-order valence-corrected chi connectivity index (χ3v) is 11.2. The number of hydrogen-bond acceptors (Lipinski definition) is 8. The summed E-state index contributed by atoms with van der Waals surface area (Å²) in [5.41, 5.74) is 5.69. The van der Waals surface area contributed by atoms with E-state index in [0.29, 0.717) is 31.8 Å². The second-order valence-corrected chi connectivity index (χ2v) is 15.7. The first-order valence-corrected chi connectivity index (χ1v) is 19.7. The Hall–Kier alpha value is -5.66. The lowest BCUT2D eigenvalue weighted by Gasteiger charge is -2.30. The number of H-pyrrole nitrogens is 2. The molecule has 296 valence electrons. The monoisotopic (exact) mass is 764 g/mol. The van der Waals surface area contributed by atoms with Gasteiger partial charge in [-0.15, -0.1) is 0 Å². The summed E-state index contributed by atoms with van der Waals surface area (Å²) in [4.78, 5) is 71.5. The van der Waals surface area contributed by atoms with Crippen LogP contribution in [0.3, 0.4) is 0 Å². The van der Waals surface area contributed by atoms with Gasteiger partial charge in [0.25, 0.3) is 0 Å². The number of likely N-dealkylation sites (tertiary alicyclic amines) is 2. The molecule has 0 saturated carbocycles. The number of carbonyl (C=O) groups is 4. The number of aromatic nitrogens is 4. The van der Waals surface area contributed by atoms with Crippen molar-refractivity contribution in [3.63, 3.8) is 0 Å². The van der Waals surface area contributed by atoms with Crippen LogP contribution in [0.1, 0.15) is 102 Å². The summed E-state index contributed by atoms with van der Waals surface area (Å²) in [5, 5.41) is 5.62. The minimum atomic E-state index is -0.698. The van der Waals surface area contributed by atoms with Gasteiger partial charge < -0.3 is 39.9 Å². The fraction of sp³-hybridized carbons (Fsp3) is 0.476. The number of carbonyl (C=O) groups excluding carboxylic acids is 4. The molecule has 14 heteroatoms. The Balaban J connectivity index is 1.03. The fourth-order valence-corrected chi connectivity index (χ4v) is 8.05. The van der Waals surface area contributed by atoms with E-state index in [9.17, 15) is 19.2 Å². The topological polar surface area (TPSA) is 175 Å². The molecule has 56 heavy (non-hydrogen) atoms. The number of ether oxygens (including phenoxy) is 2. The molecule has 14 nitrogen and oxygen atoms in total. The number of hydrogen-bond donors (Lipinski definition) is 4. The van der Waals surface area contributed by atoms with Gasteiger partial charge in [-0.3, -0.25) is 14.4 Å². The number of amides is 4. The molecule has 2 fully saturated rings. The molecular formula is C42H52N8O6.